The molecule has 114 valence electrons. The summed E-state index contributed by atoms with van der Waals surface area (Å²) in [6.45, 7) is 5.94. The third kappa shape index (κ3) is 3.68. The van der Waals surface area contributed by atoms with E-state index in [0.29, 0.717) is 11.7 Å². The van der Waals surface area contributed by atoms with E-state index >= 15 is 0 Å². The Labute approximate surface area is 125 Å². The van der Waals surface area contributed by atoms with Crippen molar-refractivity contribution in [3.05, 3.63) is 42.0 Å². The van der Waals surface area contributed by atoms with Crippen LogP contribution < -0.4 is 4.72 Å². The highest BCUT2D eigenvalue weighted by Gasteiger charge is 2.20. The Bertz CT molecular complexity index is 666. The van der Waals surface area contributed by atoms with Gasteiger partial charge in [-0.1, -0.05) is 26.0 Å². The maximum Gasteiger partial charge on any atom is 0.241 e. The van der Waals surface area contributed by atoms with Crippen molar-refractivity contribution in [1.82, 2.24) is 19.9 Å². The van der Waals surface area contributed by atoms with E-state index < -0.39 is 16.1 Å². The van der Waals surface area contributed by atoms with E-state index in [-0.39, 0.29) is 4.90 Å². The maximum atomic E-state index is 12.3. The number of H-pyrrole nitrogens is 1. The Balaban J connectivity index is 2.16. The number of sulfonamides is 1. The molecule has 0 spiro atoms. The molecule has 6 nitrogen and oxygen atoms in total. The van der Waals surface area contributed by atoms with E-state index in [4.69, 9.17) is 0 Å². The predicted octanol–water partition coefficient (Wildman–Crippen LogP) is 2.36. The number of nitrogens with one attached hydrogen (secondary N) is 2. The Morgan fingerprint density at radius 2 is 1.90 bits per heavy atom. The minimum absolute atomic E-state index is 0.251. The average molecular weight is 308 g/mol. The number of nitrogens with zero attached hydrogens (tertiary/aromatic N) is 2. The van der Waals surface area contributed by atoms with Crippen LogP contribution >= 0.6 is 0 Å². The smallest absolute Gasteiger partial charge is 0.241 e. The van der Waals surface area contributed by atoms with Crippen molar-refractivity contribution >= 4 is 10.0 Å². The summed E-state index contributed by atoms with van der Waals surface area (Å²) < 4.78 is 27.2. The van der Waals surface area contributed by atoms with Crippen LogP contribution in [0.2, 0.25) is 0 Å². The van der Waals surface area contributed by atoms with Gasteiger partial charge in [-0.05, 0) is 37.0 Å². The van der Waals surface area contributed by atoms with Crippen LogP contribution in [0.25, 0.3) is 0 Å². The van der Waals surface area contributed by atoms with Crippen molar-refractivity contribution < 1.29 is 8.42 Å². The molecule has 2 aromatic rings. The molecule has 21 heavy (non-hydrogen) atoms. The molecule has 0 aliphatic rings. The van der Waals surface area contributed by atoms with Crippen LogP contribution in [-0.4, -0.2) is 23.6 Å². The van der Waals surface area contributed by atoms with Gasteiger partial charge >= 0.3 is 0 Å². The molecule has 1 aromatic carbocycles. The van der Waals surface area contributed by atoms with Gasteiger partial charge in [0.1, 0.15) is 12.2 Å². The Morgan fingerprint density at radius 3 is 2.43 bits per heavy atom. The number of hydrogen-bond donors (Lipinski definition) is 2. The highest BCUT2D eigenvalue weighted by molar-refractivity contribution is 7.89. The minimum Gasteiger partial charge on any atom is -0.262 e. The Morgan fingerprint density at radius 1 is 1.24 bits per heavy atom. The molecule has 0 bridgehead atoms. The van der Waals surface area contributed by atoms with Gasteiger partial charge in [0.2, 0.25) is 10.0 Å². The first kappa shape index (κ1) is 15.7. The van der Waals surface area contributed by atoms with Crippen LogP contribution in [0.15, 0.2) is 35.5 Å². The predicted molar refractivity (Wildman–Crippen MR) is 80.3 cm³/mol. The third-order valence-electron chi connectivity index (χ3n) is 3.55. The van der Waals surface area contributed by atoms with Crippen molar-refractivity contribution in [3.8, 4) is 0 Å². The molecule has 0 aliphatic carbocycles. The lowest BCUT2D eigenvalue weighted by atomic mass is 9.99. The van der Waals surface area contributed by atoms with Gasteiger partial charge in [0.25, 0.3) is 0 Å². The highest BCUT2D eigenvalue weighted by Crippen LogP contribution is 2.21. The summed E-state index contributed by atoms with van der Waals surface area (Å²) in [5.74, 6) is 0.901. The van der Waals surface area contributed by atoms with Gasteiger partial charge in [-0.25, -0.2) is 18.1 Å². The Hall–Kier alpha value is -1.73. The summed E-state index contributed by atoms with van der Waals surface area (Å²) in [4.78, 5) is 4.20. The average Bonchev–Trinajstić information content (AvgIpc) is 3.00. The lowest BCUT2D eigenvalue weighted by molar-refractivity contribution is 0.560. The first-order valence-corrected chi connectivity index (χ1v) is 8.40. The van der Waals surface area contributed by atoms with Gasteiger partial charge < -0.3 is 0 Å². The van der Waals surface area contributed by atoms with Crippen LogP contribution in [0.5, 0.6) is 0 Å². The largest absolute Gasteiger partial charge is 0.262 e. The molecule has 2 unspecified atom stereocenters. The summed E-state index contributed by atoms with van der Waals surface area (Å²) in [5.41, 5.74) is 1.14. The third-order valence-corrected chi connectivity index (χ3v) is 5.10. The summed E-state index contributed by atoms with van der Waals surface area (Å²) in [5, 5.41) is 6.37. The first-order chi connectivity index (χ1) is 9.94. The molecular formula is C14H20N4O2S. The molecule has 0 saturated heterocycles. The summed E-state index contributed by atoms with van der Waals surface area (Å²) >= 11 is 0. The van der Waals surface area contributed by atoms with Crippen LogP contribution in [0, 0.1) is 0 Å². The fourth-order valence-corrected chi connectivity index (χ4v) is 3.20. The van der Waals surface area contributed by atoms with Gasteiger partial charge in [-0.15, -0.1) is 0 Å². The van der Waals surface area contributed by atoms with Crippen molar-refractivity contribution in [1.29, 1.82) is 0 Å². The lowest BCUT2D eigenvalue weighted by Gasteiger charge is -2.13. The molecule has 1 heterocycles. The second kappa shape index (κ2) is 6.36. The van der Waals surface area contributed by atoms with E-state index in [2.05, 4.69) is 33.8 Å². The van der Waals surface area contributed by atoms with Crippen molar-refractivity contribution in [2.24, 2.45) is 0 Å². The van der Waals surface area contributed by atoms with Crippen molar-refractivity contribution in [2.45, 2.75) is 44.0 Å². The summed E-state index contributed by atoms with van der Waals surface area (Å²) in [6.07, 6.45) is 2.37. The standard InChI is InChI=1S/C14H20N4O2S/c1-4-10(2)12-5-7-13(8-6-12)21(19,20)18-11(3)14-15-9-16-17-14/h5-11,18H,4H2,1-3H3,(H,15,16,17). The second-order valence-corrected chi connectivity index (χ2v) is 6.81. The monoisotopic (exact) mass is 308 g/mol. The van der Waals surface area contributed by atoms with Crippen LogP contribution in [-0.2, 0) is 10.0 Å². The summed E-state index contributed by atoms with van der Waals surface area (Å²) in [7, 11) is -3.57. The van der Waals surface area contributed by atoms with Crippen LogP contribution in [0.1, 0.15) is 50.5 Å². The fraction of sp³-hybridized carbons (Fsp3) is 0.429. The highest BCUT2D eigenvalue weighted by atomic mass is 32.2. The second-order valence-electron chi connectivity index (χ2n) is 5.09. The molecule has 1 aromatic heterocycles. The van der Waals surface area contributed by atoms with Gasteiger partial charge in [0, 0.05) is 0 Å². The van der Waals surface area contributed by atoms with Crippen molar-refractivity contribution in [2.75, 3.05) is 0 Å². The SMILES string of the molecule is CCC(C)c1ccc(S(=O)(=O)NC(C)c2ncn[nH]2)cc1. The zero-order chi connectivity index (χ0) is 15.5. The number of aromatic amines is 1. The number of hydrogen-bond acceptors (Lipinski definition) is 4. The molecule has 0 aliphatic heterocycles. The molecule has 7 heteroatoms. The molecule has 0 amide bonds. The van der Waals surface area contributed by atoms with E-state index in [1.54, 1.807) is 19.1 Å². The number of benzene rings is 1. The molecule has 2 rings (SSSR count). The molecule has 2 atom stereocenters. The lowest BCUT2D eigenvalue weighted by Crippen LogP contribution is -2.27. The van der Waals surface area contributed by atoms with Crippen LogP contribution in [0.4, 0.5) is 0 Å². The molecule has 2 N–H and O–H groups in total. The van der Waals surface area contributed by atoms with E-state index in [9.17, 15) is 8.42 Å². The summed E-state index contributed by atoms with van der Waals surface area (Å²) in [6, 6.07) is 6.53. The molecule has 0 radical (unpaired) electrons. The van der Waals surface area contributed by atoms with Gasteiger partial charge in [0.05, 0.1) is 10.9 Å². The Kier molecular flexibility index (Phi) is 4.74. The normalized spacial score (nSPS) is 14.8. The molecular weight excluding hydrogens is 288 g/mol. The van der Waals surface area contributed by atoms with E-state index in [0.717, 1.165) is 12.0 Å². The fourth-order valence-electron chi connectivity index (χ4n) is 1.99. The van der Waals surface area contributed by atoms with Crippen molar-refractivity contribution in [3.63, 3.8) is 0 Å². The minimum atomic E-state index is -3.57. The molecule has 0 fully saturated rings. The first-order valence-electron chi connectivity index (χ1n) is 6.91. The van der Waals surface area contributed by atoms with Crippen LogP contribution in [0.3, 0.4) is 0 Å². The quantitative estimate of drug-likeness (QED) is 0.857. The van der Waals surface area contributed by atoms with Gasteiger partial charge in [-0.2, -0.15) is 5.10 Å². The zero-order valence-electron chi connectivity index (χ0n) is 12.4. The van der Waals surface area contributed by atoms with E-state index in [1.807, 2.05) is 12.1 Å². The van der Waals surface area contributed by atoms with Gasteiger partial charge in [-0.3, -0.25) is 5.10 Å². The maximum absolute atomic E-state index is 12.3. The number of aromatic nitrogens is 3. The van der Waals surface area contributed by atoms with Gasteiger partial charge in [0.15, 0.2) is 0 Å². The molecule has 0 saturated carbocycles. The van der Waals surface area contributed by atoms with E-state index in [1.165, 1.54) is 6.33 Å². The number of rotatable bonds is 6. The zero-order valence-corrected chi connectivity index (χ0v) is 13.2. The topological polar surface area (TPSA) is 87.7 Å².